The van der Waals surface area contributed by atoms with E-state index >= 15 is 0 Å². The van der Waals surface area contributed by atoms with Crippen molar-refractivity contribution >= 4 is 40.0 Å². The van der Waals surface area contributed by atoms with Crippen LogP contribution in [-0.4, -0.2) is 60.4 Å². The zero-order valence-electron chi connectivity index (χ0n) is 16.0. The summed E-state index contributed by atoms with van der Waals surface area (Å²) in [5.74, 6) is -0.0194. The Hall–Kier alpha value is -3.34. The third kappa shape index (κ3) is 5.57. The highest BCUT2D eigenvalue weighted by molar-refractivity contribution is 7.17. The van der Waals surface area contributed by atoms with Crippen LogP contribution in [-0.2, 0) is 6.42 Å². The SMILES string of the molecule is N=C(N)N1CCN(c2ncc(C(=O)Nc3ccc(CCN=C(N)N)cc3)s2)CC1. The summed E-state index contributed by atoms with van der Waals surface area (Å²) >= 11 is 1.35. The summed E-state index contributed by atoms with van der Waals surface area (Å²) in [5.41, 5.74) is 17.9. The average molecular weight is 416 g/mol. The molecule has 1 aromatic carbocycles. The number of aromatic nitrogens is 1. The maximum atomic E-state index is 12.5. The van der Waals surface area contributed by atoms with Crippen molar-refractivity contribution in [3.63, 3.8) is 0 Å². The van der Waals surface area contributed by atoms with Gasteiger partial charge in [0.15, 0.2) is 17.1 Å². The molecule has 0 aliphatic carbocycles. The van der Waals surface area contributed by atoms with Gasteiger partial charge in [-0.25, -0.2) is 4.98 Å². The number of rotatable bonds is 6. The number of benzene rings is 1. The largest absolute Gasteiger partial charge is 0.370 e. The fourth-order valence-electron chi connectivity index (χ4n) is 2.92. The highest BCUT2D eigenvalue weighted by atomic mass is 32.1. The van der Waals surface area contributed by atoms with Crippen LogP contribution in [0, 0.1) is 5.41 Å². The van der Waals surface area contributed by atoms with Crippen molar-refractivity contribution in [3.8, 4) is 0 Å². The second-order valence-electron chi connectivity index (χ2n) is 6.57. The number of anilines is 2. The number of nitrogens with zero attached hydrogens (tertiary/aromatic N) is 4. The third-order valence-electron chi connectivity index (χ3n) is 4.51. The van der Waals surface area contributed by atoms with Gasteiger partial charge >= 0.3 is 0 Å². The van der Waals surface area contributed by atoms with Gasteiger partial charge in [0.05, 0.1) is 6.20 Å². The number of hydrogen-bond donors (Lipinski definition) is 5. The van der Waals surface area contributed by atoms with Crippen molar-refractivity contribution in [2.75, 3.05) is 42.9 Å². The van der Waals surface area contributed by atoms with E-state index in [2.05, 4.69) is 20.2 Å². The molecule has 11 heteroatoms. The molecule has 1 amide bonds. The van der Waals surface area contributed by atoms with Crippen molar-refractivity contribution in [2.24, 2.45) is 22.2 Å². The predicted molar refractivity (Wildman–Crippen MR) is 117 cm³/mol. The maximum absolute atomic E-state index is 12.5. The molecule has 3 rings (SSSR count). The van der Waals surface area contributed by atoms with E-state index in [0.717, 1.165) is 30.2 Å². The topological polar surface area (TPSA) is 163 Å². The van der Waals surface area contributed by atoms with Crippen LogP contribution in [0.5, 0.6) is 0 Å². The summed E-state index contributed by atoms with van der Waals surface area (Å²) in [5, 5.41) is 11.2. The van der Waals surface area contributed by atoms with Crippen LogP contribution in [0.1, 0.15) is 15.2 Å². The van der Waals surface area contributed by atoms with Crippen LogP contribution in [0.4, 0.5) is 10.8 Å². The molecule has 0 spiro atoms. The van der Waals surface area contributed by atoms with E-state index < -0.39 is 0 Å². The van der Waals surface area contributed by atoms with Crippen molar-refractivity contribution < 1.29 is 4.79 Å². The van der Waals surface area contributed by atoms with Gasteiger partial charge in [-0.3, -0.25) is 15.2 Å². The minimum absolute atomic E-state index is 0.0820. The van der Waals surface area contributed by atoms with Crippen LogP contribution < -0.4 is 27.4 Å². The molecule has 1 fully saturated rings. The Kier molecular flexibility index (Phi) is 6.50. The smallest absolute Gasteiger partial charge is 0.267 e. The van der Waals surface area contributed by atoms with Gasteiger partial charge < -0.3 is 32.3 Å². The van der Waals surface area contributed by atoms with E-state index in [1.807, 2.05) is 29.2 Å². The molecule has 1 saturated heterocycles. The Bertz CT molecular complexity index is 881. The molecule has 0 unspecified atom stereocenters. The predicted octanol–water partition coefficient (Wildman–Crippen LogP) is 0.227. The molecular weight excluding hydrogens is 390 g/mol. The molecule has 8 N–H and O–H groups in total. The van der Waals surface area contributed by atoms with Gasteiger partial charge in [-0.15, -0.1) is 0 Å². The number of aliphatic imine (C=N–C) groups is 1. The van der Waals surface area contributed by atoms with Gasteiger partial charge in [-0.05, 0) is 24.1 Å². The lowest BCUT2D eigenvalue weighted by Gasteiger charge is -2.34. The van der Waals surface area contributed by atoms with Crippen molar-refractivity contribution in [1.82, 2.24) is 9.88 Å². The number of piperazine rings is 1. The van der Waals surface area contributed by atoms with E-state index in [0.29, 0.717) is 30.2 Å². The molecule has 154 valence electrons. The summed E-state index contributed by atoms with van der Waals surface area (Å²) in [6.07, 6.45) is 2.32. The molecule has 0 saturated carbocycles. The summed E-state index contributed by atoms with van der Waals surface area (Å²) in [6.45, 7) is 3.31. The van der Waals surface area contributed by atoms with Gasteiger partial charge in [0, 0.05) is 38.4 Å². The van der Waals surface area contributed by atoms with E-state index in [1.54, 1.807) is 6.20 Å². The molecule has 2 heterocycles. The molecule has 1 aliphatic heterocycles. The standard InChI is InChI=1S/C18H25N9OS/c19-16(20)23-6-5-12-1-3-13(4-2-12)25-15(28)14-11-24-18(29-14)27-9-7-26(8-10-27)17(21)22/h1-4,11H,5-10H2,(H3,21,22)(H,25,28)(H4,19,20,23). The normalized spacial score (nSPS) is 13.8. The number of nitrogens with one attached hydrogen (secondary N) is 2. The first-order chi connectivity index (χ1) is 13.9. The van der Waals surface area contributed by atoms with E-state index in [-0.39, 0.29) is 17.8 Å². The maximum Gasteiger partial charge on any atom is 0.267 e. The first-order valence-electron chi connectivity index (χ1n) is 9.18. The van der Waals surface area contributed by atoms with Crippen molar-refractivity contribution in [2.45, 2.75) is 6.42 Å². The second kappa shape index (κ2) is 9.24. The van der Waals surface area contributed by atoms with Gasteiger partial charge in [0.2, 0.25) is 0 Å². The lowest BCUT2D eigenvalue weighted by atomic mass is 10.1. The number of thiazole rings is 1. The van der Waals surface area contributed by atoms with Crippen LogP contribution in [0.2, 0.25) is 0 Å². The Balaban J connectivity index is 1.54. The van der Waals surface area contributed by atoms with Crippen LogP contribution in [0.25, 0.3) is 0 Å². The number of amides is 1. The summed E-state index contributed by atoms with van der Waals surface area (Å²) in [4.78, 5) is 25.3. The summed E-state index contributed by atoms with van der Waals surface area (Å²) < 4.78 is 0. The van der Waals surface area contributed by atoms with Crippen LogP contribution in [0.15, 0.2) is 35.5 Å². The van der Waals surface area contributed by atoms with Gasteiger partial charge in [-0.2, -0.15) is 0 Å². The number of guanidine groups is 2. The molecule has 1 aromatic heterocycles. The molecule has 0 radical (unpaired) electrons. The average Bonchev–Trinajstić information content (AvgIpc) is 3.19. The summed E-state index contributed by atoms with van der Waals surface area (Å²) in [7, 11) is 0. The van der Waals surface area contributed by atoms with E-state index in [1.165, 1.54) is 11.3 Å². The third-order valence-corrected chi connectivity index (χ3v) is 5.57. The minimum atomic E-state index is -0.190. The number of hydrogen-bond acceptors (Lipinski definition) is 6. The highest BCUT2D eigenvalue weighted by Gasteiger charge is 2.21. The molecule has 0 atom stereocenters. The first kappa shape index (κ1) is 20.4. The quantitative estimate of drug-likeness (QED) is 0.333. The minimum Gasteiger partial charge on any atom is -0.370 e. The van der Waals surface area contributed by atoms with Gasteiger partial charge in [0.25, 0.3) is 5.91 Å². The second-order valence-corrected chi connectivity index (χ2v) is 7.58. The molecule has 2 aromatic rings. The lowest BCUT2D eigenvalue weighted by Crippen LogP contribution is -2.50. The van der Waals surface area contributed by atoms with Gasteiger partial charge in [0.1, 0.15) is 4.88 Å². The molecule has 10 nitrogen and oxygen atoms in total. The number of carbonyl (C=O) groups is 1. The number of nitrogens with two attached hydrogens (primary N) is 3. The molecule has 29 heavy (non-hydrogen) atoms. The Morgan fingerprint density at radius 3 is 2.48 bits per heavy atom. The Morgan fingerprint density at radius 2 is 1.86 bits per heavy atom. The first-order valence-corrected chi connectivity index (χ1v) is 9.99. The monoisotopic (exact) mass is 415 g/mol. The Morgan fingerprint density at radius 1 is 1.17 bits per heavy atom. The zero-order valence-corrected chi connectivity index (χ0v) is 16.8. The van der Waals surface area contributed by atoms with Crippen LogP contribution in [0.3, 0.4) is 0 Å². The van der Waals surface area contributed by atoms with Gasteiger partial charge in [-0.1, -0.05) is 23.5 Å². The van der Waals surface area contributed by atoms with Crippen molar-refractivity contribution in [3.05, 3.63) is 40.9 Å². The van der Waals surface area contributed by atoms with Crippen LogP contribution >= 0.6 is 11.3 Å². The van der Waals surface area contributed by atoms with Crippen molar-refractivity contribution in [1.29, 1.82) is 5.41 Å². The Labute approximate surface area is 172 Å². The fourth-order valence-corrected chi connectivity index (χ4v) is 3.78. The molecule has 0 bridgehead atoms. The van der Waals surface area contributed by atoms with E-state index in [9.17, 15) is 4.79 Å². The molecular formula is C18H25N9OS. The summed E-state index contributed by atoms with van der Waals surface area (Å²) in [6, 6.07) is 7.58. The lowest BCUT2D eigenvalue weighted by molar-refractivity contribution is 0.103. The highest BCUT2D eigenvalue weighted by Crippen LogP contribution is 2.24. The van der Waals surface area contributed by atoms with E-state index in [4.69, 9.17) is 22.6 Å². The number of carbonyl (C=O) groups excluding carboxylic acids is 1. The zero-order chi connectivity index (χ0) is 20.8. The molecule has 1 aliphatic rings. The fraction of sp³-hybridized carbons (Fsp3) is 0.333.